The lowest BCUT2D eigenvalue weighted by Gasteiger charge is -2.11. The van der Waals surface area contributed by atoms with Crippen LogP contribution in [0.1, 0.15) is 13.3 Å². The highest BCUT2D eigenvalue weighted by molar-refractivity contribution is 8.00. The average Bonchev–Trinajstić information content (AvgIpc) is 2.37. The Labute approximate surface area is 124 Å². The van der Waals surface area contributed by atoms with E-state index in [9.17, 15) is 26.4 Å². The van der Waals surface area contributed by atoms with Crippen molar-refractivity contribution in [3.8, 4) is 0 Å². The second-order valence-electron chi connectivity index (χ2n) is 4.13. The minimum absolute atomic E-state index is 0.143. The first-order valence-electron chi connectivity index (χ1n) is 5.73. The Morgan fingerprint density at radius 2 is 1.81 bits per heavy atom. The van der Waals surface area contributed by atoms with Crippen LogP contribution >= 0.6 is 11.8 Å². The Kier molecular flexibility index (Phi) is 5.68. The van der Waals surface area contributed by atoms with Crippen LogP contribution in [-0.4, -0.2) is 32.3 Å². The number of carbonyl (C=O) groups excluding carboxylic acids is 1. The van der Waals surface area contributed by atoms with Crippen LogP contribution in [-0.2, 0) is 19.4 Å². The zero-order valence-electron chi connectivity index (χ0n) is 11.2. The van der Waals surface area contributed by atoms with Crippen molar-refractivity contribution >= 4 is 27.6 Å². The molecule has 1 atom stereocenters. The molecule has 9 heteroatoms. The fraction of sp³-hybridized carbons (Fsp3) is 0.417. The summed E-state index contributed by atoms with van der Waals surface area (Å²) in [5.74, 6) is -0.397. The van der Waals surface area contributed by atoms with E-state index in [1.54, 1.807) is 6.92 Å². The lowest BCUT2D eigenvalue weighted by molar-refractivity contribution is -0.140. The van der Waals surface area contributed by atoms with Crippen LogP contribution in [0.2, 0.25) is 0 Å². The topological polar surface area (TPSA) is 60.4 Å². The maximum Gasteiger partial charge on any atom is 0.501 e. The first-order chi connectivity index (χ1) is 9.57. The summed E-state index contributed by atoms with van der Waals surface area (Å²) in [6.45, 7) is 1.75. The number of ether oxygens (including phenoxy) is 1. The van der Waals surface area contributed by atoms with Gasteiger partial charge in [-0.2, -0.15) is 13.2 Å². The molecule has 0 aliphatic rings. The standard InChI is InChI=1S/C12H13F3O4S2/c1-8(7-11(16)19-2)20-9-3-5-10(6-4-9)21(17,18)12(13,14)15/h3-6,8H,7H2,1-2H3. The smallest absolute Gasteiger partial charge is 0.469 e. The lowest BCUT2D eigenvalue weighted by atomic mass is 10.3. The van der Waals surface area contributed by atoms with E-state index in [0.29, 0.717) is 4.90 Å². The molecule has 21 heavy (non-hydrogen) atoms. The van der Waals surface area contributed by atoms with Gasteiger partial charge >= 0.3 is 11.5 Å². The first-order valence-corrected chi connectivity index (χ1v) is 8.09. The molecule has 0 spiro atoms. The van der Waals surface area contributed by atoms with Gasteiger partial charge in [-0.05, 0) is 24.3 Å². The van der Waals surface area contributed by atoms with Crippen LogP contribution in [0.15, 0.2) is 34.1 Å². The van der Waals surface area contributed by atoms with Gasteiger partial charge in [-0.25, -0.2) is 8.42 Å². The molecule has 1 unspecified atom stereocenters. The number of rotatable bonds is 5. The number of hydrogen-bond donors (Lipinski definition) is 0. The van der Waals surface area contributed by atoms with Crippen molar-refractivity contribution in [2.24, 2.45) is 0 Å². The van der Waals surface area contributed by atoms with Crippen LogP contribution in [0.3, 0.4) is 0 Å². The highest BCUT2D eigenvalue weighted by Gasteiger charge is 2.46. The summed E-state index contributed by atoms with van der Waals surface area (Å²) >= 11 is 1.24. The number of sulfone groups is 1. The number of benzene rings is 1. The van der Waals surface area contributed by atoms with Crippen molar-refractivity contribution < 1.29 is 31.1 Å². The van der Waals surface area contributed by atoms with Crippen LogP contribution in [0.25, 0.3) is 0 Å². The van der Waals surface area contributed by atoms with E-state index in [4.69, 9.17) is 0 Å². The molecule has 0 fully saturated rings. The molecular weight excluding hydrogens is 329 g/mol. The number of methoxy groups -OCH3 is 1. The minimum atomic E-state index is -5.33. The van der Waals surface area contributed by atoms with Crippen LogP contribution in [0.5, 0.6) is 0 Å². The summed E-state index contributed by atoms with van der Waals surface area (Å²) in [5, 5.41) is -0.150. The maximum absolute atomic E-state index is 12.4. The molecule has 118 valence electrons. The normalized spacial score (nSPS) is 13.8. The third-order valence-corrected chi connectivity index (χ3v) is 5.07. The number of alkyl halides is 3. The molecule has 0 aliphatic heterocycles. The van der Waals surface area contributed by atoms with E-state index < -0.39 is 26.2 Å². The van der Waals surface area contributed by atoms with Crippen LogP contribution < -0.4 is 0 Å². The van der Waals surface area contributed by atoms with Crippen molar-refractivity contribution in [3.63, 3.8) is 0 Å². The first kappa shape index (κ1) is 17.8. The summed E-state index contributed by atoms with van der Waals surface area (Å²) in [6, 6.07) is 4.35. The summed E-state index contributed by atoms with van der Waals surface area (Å²) < 4.78 is 64.0. The Bertz CT molecular complexity index is 594. The Morgan fingerprint density at radius 1 is 1.29 bits per heavy atom. The molecule has 0 N–H and O–H groups in total. The van der Waals surface area contributed by atoms with Crippen molar-refractivity contribution in [1.82, 2.24) is 0 Å². The summed E-state index contributed by atoms with van der Waals surface area (Å²) in [5.41, 5.74) is -5.32. The van der Waals surface area contributed by atoms with E-state index in [2.05, 4.69) is 4.74 Å². The van der Waals surface area contributed by atoms with Gasteiger partial charge in [0.05, 0.1) is 18.4 Å². The molecule has 0 saturated carbocycles. The molecule has 0 aromatic heterocycles. The Morgan fingerprint density at radius 3 is 2.24 bits per heavy atom. The summed E-state index contributed by atoms with van der Waals surface area (Å²) in [6.07, 6.45) is 0.143. The average molecular weight is 342 g/mol. The molecule has 1 aromatic rings. The van der Waals surface area contributed by atoms with Gasteiger partial charge in [0, 0.05) is 10.1 Å². The summed E-state index contributed by atoms with van der Waals surface area (Å²) in [4.78, 5) is 10.8. The molecule has 1 aromatic carbocycles. The van der Waals surface area contributed by atoms with E-state index in [-0.39, 0.29) is 11.7 Å². The fourth-order valence-electron chi connectivity index (χ4n) is 1.42. The van der Waals surface area contributed by atoms with Gasteiger partial charge in [-0.1, -0.05) is 6.92 Å². The zero-order chi connectivity index (χ0) is 16.3. The van der Waals surface area contributed by atoms with Crippen molar-refractivity contribution in [2.75, 3.05) is 7.11 Å². The third kappa shape index (κ3) is 4.63. The van der Waals surface area contributed by atoms with Crippen molar-refractivity contribution in [3.05, 3.63) is 24.3 Å². The highest BCUT2D eigenvalue weighted by Crippen LogP contribution is 2.32. The molecule has 4 nitrogen and oxygen atoms in total. The van der Waals surface area contributed by atoms with Crippen LogP contribution in [0, 0.1) is 0 Å². The number of hydrogen-bond acceptors (Lipinski definition) is 5. The molecule has 0 saturated heterocycles. The van der Waals surface area contributed by atoms with Gasteiger partial charge in [-0.15, -0.1) is 11.8 Å². The van der Waals surface area contributed by atoms with Gasteiger partial charge in [-0.3, -0.25) is 4.79 Å². The quantitative estimate of drug-likeness (QED) is 0.608. The third-order valence-electron chi connectivity index (χ3n) is 2.46. The second kappa shape index (κ2) is 6.69. The van der Waals surface area contributed by atoms with Gasteiger partial charge in [0.1, 0.15) is 0 Å². The molecule has 0 aliphatic carbocycles. The van der Waals surface area contributed by atoms with Gasteiger partial charge in [0.15, 0.2) is 0 Å². The van der Waals surface area contributed by atoms with Gasteiger partial charge in [0.25, 0.3) is 9.84 Å². The van der Waals surface area contributed by atoms with Crippen LogP contribution in [0.4, 0.5) is 13.2 Å². The molecule has 0 heterocycles. The largest absolute Gasteiger partial charge is 0.501 e. The predicted octanol–water partition coefficient (Wildman–Crippen LogP) is 3.02. The van der Waals surface area contributed by atoms with E-state index in [0.717, 1.165) is 12.1 Å². The molecular formula is C12H13F3O4S2. The highest BCUT2D eigenvalue weighted by atomic mass is 32.2. The molecule has 1 rings (SSSR count). The Balaban J connectivity index is 2.82. The molecule has 0 amide bonds. The maximum atomic E-state index is 12.4. The monoisotopic (exact) mass is 342 g/mol. The number of esters is 1. The van der Waals surface area contributed by atoms with Crippen molar-refractivity contribution in [2.45, 2.75) is 33.9 Å². The molecule has 0 radical (unpaired) electrons. The van der Waals surface area contributed by atoms with E-state index in [1.807, 2.05) is 0 Å². The SMILES string of the molecule is COC(=O)CC(C)Sc1ccc(S(=O)(=O)C(F)(F)F)cc1. The summed E-state index contributed by atoms with van der Waals surface area (Å²) in [7, 11) is -4.07. The predicted molar refractivity (Wildman–Crippen MR) is 71.6 cm³/mol. The van der Waals surface area contributed by atoms with Gasteiger partial charge in [0.2, 0.25) is 0 Å². The molecule has 0 bridgehead atoms. The second-order valence-corrected chi connectivity index (χ2v) is 7.58. The lowest BCUT2D eigenvalue weighted by Crippen LogP contribution is -2.23. The number of thioether (sulfide) groups is 1. The minimum Gasteiger partial charge on any atom is -0.469 e. The Hall–Kier alpha value is -1.22. The zero-order valence-corrected chi connectivity index (χ0v) is 12.8. The van der Waals surface area contributed by atoms with E-state index >= 15 is 0 Å². The number of halogens is 3. The van der Waals surface area contributed by atoms with E-state index in [1.165, 1.54) is 31.0 Å². The van der Waals surface area contributed by atoms with Crippen molar-refractivity contribution in [1.29, 1.82) is 0 Å². The fourth-order valence-corrected chi connectivity index (χ4v) is 3.16. The number of carbonyl (C=O) groups is 1. The van der Waals surface area contributed by atoms with Gasteiger partial charge < -0.3 is 4.74 Å².